The van der Waals surface area contributed by atoms with Crippen LogP contribution in [0.15, 0.2) is 54.7 Å². The summed E-state index contributed by atoms with van der Waals surface area (Å²) >= 11 is 5.69. The summed E-state index contributed by atoms with van der Waals surface area (Å²) in [6.07, 6.45) is 2.27. The number of H-pyrrole nitrogens is 1. The number of halogens is 2. The Hall–Kier alpha value is -2.66. The van der Waals surface area contributed by atoms with Crippen LogP contribution >= 0.6 is 11.6 Å². The van der Waals surface area contributed by atoms with Gasteiger partial charge in [0.1, 0.15) is 0 Å². The second-order valence-electron chi connectivity index (χ2n) is 4.96. The zero-order valence-corrected chi connectivity index (χ0v) is 12.8. The van der Waals surface area contributed by atoms with Gasteiger partial charge < -0.3 is 10.3 Å². The van der Waals surface area contributed by atoms with E-state index in [1.807, 2.05) is 30.3 Å². The molecular formula is C17H13ClFN3O. The number of carbonyl (C=O) groups is 1. The minimum absolute atomic E-state index is 0.0171. The van der Waals surface area contributed by atoms with E-state index in [0.717, 1.165) is 11.3 Å². The number of nitrogens with zero attached hydrogens (tertiary/aromatic N) is 1. The topological polar surface area (TPSA) is 57.8 Å². The predicted molar refractivity (Wildman–Crippen MR) is 87.2 cm³/mol. The van der Waals surface area contributed by atoms with E-state index in [0.29, 0.717) is 6.42 Å². The lowest BCUT2D eigenvalue weighted by Gasteiger charge is -2.05. The van der Waals surface area contributed by atoms with Gasteiger partial charge in [-0.1, -0.05) is 48.0 Å². The Labute approximate surface area is 137 Å². The van der Waals surface area contributed by atoms with Gasteiger partial charge in [-0.25, -0.2) is 9.37 Å². The number of aromatic amines is 1. The number of hydrogen-bond acceptors (Lipinski definition) is 2. The van der Waals surface area contributed by atoms with E-state index in [9.17, 15) is 9.18 Å². The Bertz CT molecular complexity index is 833. The molecule has 0 saturated carbocycles. The second-order valence-corrected chi connectivity index (χ2v) is 5.37. The van der Waals surface area contributed by atoms with Crippen LogP contribution in [0.3, 0.4) is 0 Å². The Morgan fingerprint density at radius 3 is 2.74 bits per heavy atom. The number of hydrogen-bond donors (Lipinski definition) is 2. The van der Waals surface area contributed by atoms with Crippen LogP contribution < -0.4 is 5.32 Å². The van der Waals surface area contributed by atoms with Crippen molar-refractivity contribution in [2.24, 2.45) is 0 Å². The van der Waals surface area contributed by atoms with E-state index < -0.39 is 11.7 Å². The normalized spacial score (nSPS) is 10.5. The van der Waals surface area contributed by atoms with Crippen molar-refractivity contribution >= 4 is 23.2 Å². The summed E-state index contributed by atoms with van der Waals surface area (Å²) in [6.45, 7) is 0. The Balaban J connectivity index is 1.72. The van der Waals surface area contributed by atoms with E-state index in [2.05, 4.69) is 15.3 Å². The molecule has 0 aliphatic rings. The van der Waals surface area contributed by atoms with E-state index in [1.165, 1.54) is 12.1 Å². The fourth-order valence-corrected chi connectivity index (χ4v) is 2.33. The van der Waals surface area contributed by atoms with Crippen molar-refractivity contribution in [2.75, 3.05) is 5.32 Å². The van der Waals surface area contributed by atoms with Gasteiger partial charge in [0.25, 0.3) is 5.91 Å². The summed E-state index contributed by atoms with van der Waals surface area (Å²) in [6, 6.07) is 14.2. The first-order valence-electron chi connectivity index (χ1n) is 6.97. The van der Waals surface area contributed by atoms with Crippen molar-refractivity contribution in [1.82, 2.24) is 9.97 Å². The predicted octanol–water partition coefficient (Wildman–Crippen LogP) is 4.05. The van der Waals surface area contributed by atoms with Gasteiger partial charge in [0, 0.05) is 12.6 Å². The molecule has 0 atom stereocenters. The quantitative estimate of drug-likeness (QED) is 0.758. The highest BCUT2D eigenvalue weighted by Crippen LogP contribution is 2.22. The molecule has 0 spiro atoms. The molecule has 6 heteroatoms. The highest BCUT2D eigenvalue weighted by Gasteiger charge is 2.14. The van der Waals surface area contributed by atoms with E-state index >= 15 is 0 Å². The largest absolute Gasteiger partial charge is 0.340 e. The average molecular weight is 330 g/mol. The van der Waals surface area contributed by atoms with Gasteiger partial charge in [0.05, 0.1) is 16.4 Å². The number of imidazole rings is 1. The molecule has 23 heavy (non-hydrogen) atoms. The third-order valence-corrected chi connectivity index (χ3v) is 3.57. The molecule has 3 rings (SSSR count). The molecule has 116 valence electrons. The second kappa shape index (κ2) is 6.62. The number of anilines is 1. The zero-order chi connectivity index (χ0) is 16.2. The van der Waals surface area contributed by atoms with E-state index in [1.54, 1.807) is 12.3 Å². The summed E-state index contributed by atoms with van der Waals surface area (Å²) < 4.78 is 13.8. The van der Waals surface area contributed by atoms with Crippen molar-refractivity contribution in [1.29, 1.82) is 0 Å². The lowest BCUT2D eigenvalue weighted by atomic mass is 10.1. The molecule has 0 fully saturated rings. The highest BCUT2D eigenvalue weighted by molar-refractivity contribution is 6.31. The van der Waals surface area contributed by atoms with Crippen LogP contribution in [-0.2, 0) is 6.42 Å². The molecule has 1 heterocycles. The van der Waals surface area contributed by atoms with Crippen LogP contribution in [-0.4, -0.2) is 15.9 Å². The van der Waals surface area contributed by atoms with Crippen LogP contribution in [0.5, 0.6) is 0 Å². The molecule has 1 aromatic heterocycles. The Morgan fingerprint density at radius 2 is 1.96 bits per heavy atom. The van der Waals surface area contributed by atoms with Gasteiger partial charge in [-0.15, -0.1) is 0 Å². The number of benzene rings is 2. The fraction of sp³-hybridized carbons (Fsp3) is 0.0588. The Morgan fingerprint density at radius 1 is 1.17 bits per heavy atom. The Kier molecular flexibility index (Phi) is 4.39. The zero-order valence-electron chi connectivity index (χ0n) is 12.0. The molecule has 0 unspecified atom stereocenters. The molecule has 0 radical (unpaired) electrons. The molecule has 3 aromatic rings. The maximum atomic E-state index is 13.8. The first-order chi connectivity index (χ1) is 11.1. The number of rotatable bonds is 4. The van der Waals surface area contributed by atoms with Crippen LogP contribution in [0.4, 0.5) is 10.1 Å². The third kappa shape index (κ3) is 3.57. The van der Waals surface area contributed by atoms with E-state index in [-0.39, 0.29) is 16.5 Å². The van der Waals surface area contributed by atoms with Gasteiger partial charge in [0.15, 0.2) is 11.6 Å². The summed E-state index contributed by atoms with van der Waals surface area (Å²) in [5.41, 5.74) is 1.84. The van der Waals surface area contributed by atoms with Crippen LogP contribution in [0.25, 0.3) is 0 Å². The minimum Gasteiger partial charge on any atom is -0.340 e. The first kappa shape index (κ1) is 15.2. The molecule has 1 amide bonds. The van der Waals surface area contributed by atoms with Crippen LogP contribution in [0.2, 0.25) is 5.02 Å². The summed E-state index contributed by atoms with van der Waals surface area (Å²) in [5.74, 6) is -1.07. The van der Waals surface area contributed by atoms with Gasteiger partial charge in [0.2, 0.25) is 0 Å². The summed E-state index contributed by atoms with van der Waals surface area (Å²) in [4.78, 5) is 19.2. The molecule has 0 aliphatic heterocycles. The van der Waals surface area contributed by atoms with Crippen LogP contribution in [0.1, 0.15) is 21.9 Å². The molecule has 0 aliphatic carbocycles. The third-order valence-electron chi connectivity index (χ3n) is 3.27. The van der Waals surface area contributed by atoms with Gasteiger partial charge in [-0.3, -0.25) is 4.79 Å². The standard InChI is InChI=1S/C17H13ClFN3O/c18-13-7-4-8-14(15(13)19)22-17(23)16-20-10-12(21-16)9-11-5-2-1-3-6-11/h1-8,10H,9H2,(H,20,21)(H,22,23). The van der Waals surface area contributed by atoms with Crippen LogP contribution in [0, 0.1) is 5.82 Å². The van der Waals surface area contributed by atoms with Crippen molar-refractivity contribution in [3.05, 3.63) is 82.6 Å². The average Bonchev–Trinajstić information content (AvgIpc) is 3.01. The van der Waals surface area contributed by atoms with Gasteiger partial charge in [-0.05, 0) is 17.7 Å². The SMILES string of the molecule is O=C(Nc1cccc(Cl)c1F)c1nc(Cc2ccccc2)c[nH]1. The maximum Gasteiger partial charge on any atom is 0.291 e. The van der Waals surface area contributed by atoms with Crippen molar-refractivity contribution in [3.8, 4) is 0 Å². The molecule has 2 N–H and O–H groups in total. The molecule has 2 aromatic carbocycles. The highest BCUT2D eigenvalue weighted by atomic mass is 35.5. The molecular weight excluding hydrogens is 317 g/mol. The lowest BCUT2D eigenvalue weighted by molar-refractivity contribution is 0.101. The van der Waals surface area contributed by atoms with Gasteiger partial charge >= 0.3 is 0 Å². The number of nitrogens with one attached hydrogen (secondary N) is 2. The van der Waals surface area contributed by atoms with Crippen molar-refractivity contribution in [3.63, 3.8) is 0 Å². The summed E-state index contributed by atoms with van der Waals surface area (Å²) in [5, 5.41) is 2.40. The number of amides is 1. The maximum absolute atomic E-state index is 13.8. The van der Waals surface area contributed by atoms with Gasteiger partial charge in [-0.2, -0.15) is 0 Å². The monoisotopic (exact) mass is 329 g/mol. The first-order valence-corrected chi connectivity index (χ1v) is 7.35. The number of aromatic nitrogens is 2. The number of carbonyl (C=O) groups excluding carboxylic acids is 1. The smallest absolute Gasteiger partial charge is 0.291 e. The van der Waals surface area contributed by atoms with E-state index in [4.69, 9.17) is 11.6 Å². The molecule has 0 bridgehead atoms. The van der Waals surface area contributed by atoms with Crippen molar-refractivity contribution in [2.45, 2.75) is 6.42 Å². The molecule has 0 saturated heterocycles. The lowest BCUT2D eigenvalue weighted by Crippen LogP contribution is -2.14. The fourth-order valence-electron chi connectivity index (χ4n) is 2.15. The summed E-state index contributed by atoms with van der Waals surface area (Å²) in [7, 11) is 0. The molecule has 4 nitrogen and oxygen atoms in total. The van der Waals surface area contributed by atoms with Crippen molar-refractivity contribution < 1.29 is 9.18 Å². The minimum atomic E-state index is -0.668.